The Bertz CT molecular complexity index is 982. The molecule has 4 heterocycles. The molecule has 4 aromatic heterocycles. The Morgan fingerprint density at radius 3 is 2.67 bits per heavy atom. The van der Waals surface area contributed by atoms with E-state index in [0.29, 0.717) is 17.2 Å². The second-order valence-electron chi connectivity index (χ2n) is 5.33. The van der Waals surface area contributed by atoms with Crippen molar-refractivity contribution in [2.75, 3.05) is 5.32 Å². The van der Waals surface area contributed by atoms with Crippen LogP contribution in [0.1, 0.15) is 16.2 Å². The molecule has 0 unspecified atom stereocenters. The van der Waals surface area contributed by atoms with Crippen molar-refractivity contribution in [2.24, 2.45) is 0 Å². The molecule has 4 aromatic rings. The molecule has 0 saturated heterocycles. The predicted molar refractivity (Wildman–Crippen MR) is 89.2 cm³/mol. The molecular formula is C17H14N6O. The van der Waals surface area contributed by atoms with E-state index in [9.17, 15) is 4.79 Å². The van der Waals surface area contributed by atoms with Gasteiger partial charge >= 0.3 is 0 Å². The predicted octanol–water partition coefficient (Wildman–Crippen LogP) is 2.48. The Hall–Kier alpha value is -3.48. The molecular weight excluding hydrogens is 304 g/mol. The fourth-order valence-corrected chi connectivity index (χ4v) is 2.48. The quantitative estimate of drug-likeness (QED) is 0.629. The first-order valence-corrected chi connectivity index (χ1v) is 7.41. The van der Waals surface area contributed by atoms with Gasteiger partial charge in [-0.05, 0) is 25.1 Å². The summed E-state index contributed by atoms with van der Waals surface area (Å²) in [7, 11) is 0. The average molecular weight is 318 g/mol. The van der Waals surface area contributed by atoms with E-state index >= 15 is 0 Å². The van der Waals surface area contributed by atoms with Crippen LogP contribution in [-0.4, -0.2) is 29.8 Å². The number of carbonyl (C=O) groups is 1. The number of nitrogens with one attached hydrogen (secondary N) is 1. The SMILES string of the molecule is Cc1nccn1-c1ncc(NC(=O)c2cc3ccccn3c2)cn1. The molecule has 0 fully saturated rings. The smallest absolute Gasteiger partial charge is 0.257 e. The van der Waals surface area contributed by atoms with Crippen molar-refractivity contribution in [1.82, 2.24) is 23.9 Å². The third-order valence-electron chi connectivity index (χ3n) is 3.70. The van der Waals surface area contributed by atoms with Crippen molar-refractivity contribution in [3.8, 4) is 5.95 Å². The summed E-state index contributed by atoms with van der Waals surface area (Å²) in [5.41, 5.74) is 2.08. The van der Waals surface area contributed by atoms with Gasteiger partial charge in [-0.25, -0.2) is 15.0 Å². The number of hydrogen-bond acceptors (Lipinski definition) is 4. The molecule has 0 aliphatic carbocycles. The minimum atomic E-state index is -0.200. The maximum absolute atomic E-state index is 12.4. The first-order valence-electron chi connectivity index (χ1n) is 7.41. The van der Waals surface area contributed by atoms with E-state index < -0.39 is 0 Å². The van der Waals surface area contributed by atoms with E-state index in [-0.39, 0.29) is 5.91 Å². The first-order chi connectivity index (χ1) is 11.7. The van der Waals surface area contributed by atoms with Gasteiger partial charge in [-0.1, -0.05) is 6.07 Å². The third kappa shape index (κ3) is 2.52. The maximum atomic E-state index is 12.4. The van der Waals surface area contributed by atoms with Crippen LogP contribution in [0.15, 0.2) is 61.4 Å². The van der Waals surface area contributed by atoms with Gasteiger partial charge in [-0.2, -0.15) is 0 Å². The maximum Gasteiger partial charge on any atom is 0.257 e. The van der Waals surface area contributed by atoms with Crippen molar-refractivity contribution in [1.29, 1.82) is 0 Å². The van der Waals surface area contributed by atoms with Crippen molar-refractivity contribution in [3.05, 3.63) is 72.8 Å². The van der Waals surface area contributed by atoms with Gasteiger partial charge in [0.25, 0.3) is 5.91 Å². The van der Waals surface area contributed by atoms with Crippen LogP contribution < -0.4 is 5.32 Å². The Morgan fingerprint density at radius 1 is 1.12 bits per heavy atom. The van der Waals surface area contributed by atoms with Gasteiger partial charge in [0, 0.05) is 30.3 Å². The van der Waals surface area contributed by atoms with Crippen LogP contribution in [0.5, 0.6) is 0 Å². The number of fused-ring (bicyclic) bond motifs is 1. The molecule has 0 atom stereocenters. The van der Waals surface area contributed by atoms with E-state index in [0.717, 1.165) is 11.3 Å². The number of anilines is 1. The molecule has 0 aliphatic heterocycles. The summed E-state index contributed by atoms with van der Waals surface area (Å²) in [6.45, 7) is 1.87. The largest absolute Gasteiger partial charge is 0.323 e. The minimum absolute atomic E-state index is 0.200. The molecule has 7 heteroatoms. The highest BCUT2D eigenvalue weighted by Crippen LogP contribution is 2.13. The Kier molecular flexibility index (Phi) is 3.31. The third-order valence-corrected chi connectivity index (χ3v) is 3.70. The lowest BCUT2D eigenvalue weighted by atomic mass is 10.3. The number of aryl methyl sites for hydroxylation is 1. The molecule has 0 spiro atoms. The molecule has 0 radical (unpaired) electrons. The number of aromatic nitrogens is 5. The number of amides is 1. The number of carbonyl (C=O) groups excluding carboxylic acids is 1. The molecule has 0 aliphatic rings. The lowest BCUT2D eigenvalue weighted by molar-refractivity contribution is 0.102. The number of hydrogen-bond donors (Lipinski definition) is 1. The Morgan fingerprint density at radius 2 is 1.96 bits per heavy atom. The van der Waals surface area contributed by atoms with E-state index in [1.165, 1.54) is 0 Å². The van der Waals surface area contributed by atoms with Crippen LogP contribution in [0.25, 0.3) is 11.5 Å². The number of imidazole rings is 1. The summed E-state index contributed by atoms with van der Waals surface area (Å²) >= 11 is 0. The molecule has 0 bridgehead atoms. The lowest BCUT2D eigenvalue weighted by Crippen LogP contribution is -2.12. The molecule has 24 heavy (non-hydrogen) atoms. The van der Waals surface area contributed by atoms with Crippen molar-refractivity contribution >= 4 is 17.1 Å². The van der Waals surface area contributed by atoms with E-state index in [4.69, 9.17) is 0 Å². The highest BCUT2D eigenvalue weighted by molar-refractivity contribution is 6.04. The van der Waals surface area contributed by atoms with Crippen molar-refractivity contribution in [2.45, 2.75) is 6.92 Å². The van der Waals surface area contributed by atoms with Gasteiger partial charge in [0.1, 0.15) is 5.82 Å². The first kappa shape index (κ1) is 14.1. The van der Waals surface area contributed by atoms with E-state index in [1.54, 1.807) is 35.6 Å². The minimum Gasteiger partial charge on any atom is -0.323 e. The number of pyridine rings is 1. The lowest BCUT2D eigenvalue weighted by Gasteiger charge is -2.05. The fourth-order valence-electron chi connectivity index (χ4n) is 2.48. The molecule has 4 rings (SSSR count). The summed E-state index contributed by atoms with van der Waals surface area (Å²) in [5, 5.41) is 2.80. The summed E-state index contributed by atoms with van der Waals surface area (Å²) in [6.07, 6.45) is 10.3. The molecule has 0 aromatic carbocycles. The zero-order valence-electron chi connectivity index (χ0n) is 12.9. The second kappa shape index (κ2) is 5.62. The van der Waals surface area contributed by atoms with Crippen LogP contribution in [0, 0.1) is 6.92 Å². The van der Waals surface area contributed by atoms with Crippen LogP contribution >= 0.6 is 0 Å². The normalized spacial score (nSPS) is 10.9. The zero-order chi connectivity index (χ0) is 16.5. The second-order valence-corrected chi connectivity index (χ2v) is 5.33. The Balaban J connectivity index is 1.54. The van der Waals surface area contributed by atoms with Gasteiger partial charge in [-0.15, -0.1) is 0 Å². The van der Waals surface area contributed by atoms with Crippen LogP contribution in [0.3, 0.4) is 0 Å². The van der Waals surface area contributed by atoms with Gasteiger partial charge in [0.15, 0.2) is 0 Å². The summed E-state index contributed by atoms with van der Waals surface area (Å²) in [4.78, 5) is 25.0. The van der Waals surface area contributed by atoms with E-state index in [2.05, 4.69) is 20.3 Å². The van der Waals surface area contributed by atoms with Crippen LogP contribution in [0.4, 0.5) is 5.69 Å². The number of nitrogens with zero attached hydrogens (tertiary/aromatic N) is 5. The highest BCUT2D eigenvalue weighted by Gasteiger charge is 2.10. The molecule has 0 saturated carbocycles. The standard InChI is InChI=1S/C17H14N6O/c1-12-18-5-7-23(12)17-19-9-14(10-20-17)21-16(24)13-8-15-4-2-3-6-22(15)11-13/h2-11H,1H3,(H,21,24). The van der Waals surface area contributed by atoms with Gasteiger partial charge < -0.3 is 9.72 Å². The highest BCUT2D eigenvalue weighted by atomic mass is 16.1. The van der Waals surface area contributed by atoms with E-state index in [1.807, 2.05) is 41.8 Å². The molecule has 7 nitrogen and oxygen atoms in total. The van der Waals surface area contributed by atoms with Crippen molar-refractivity contribution in [3.63, 3.8) is 0 Å². The monoisotopic (exact) mass is 318 g/mol. The fraction of sp³-hybridized carbons (Fsp3) is 0.0588. The van der Waals surface area contributed by atoms with Crippen LogP contribution in [0.2, 0.25) is 0 Å². The number of rotatable bonds is 3. The summed E-state index contributed by atoms with van der Waals surface area (Å²) in [5.74, 6) is 1.11. The van der Waals surface area contributed by atoms with Crippen LogP contribution in [-0.2, 0) is 0 Å². The topological polar surface area (TPSA) is 77.1 Å². The molecule has 1 N–H and O–H groups in total. The van der Waals surface area contributed by atoms with Crippen molar-refractivity contribution < 1.29 is 4.79 Å². The van der Waals surface area contributed by atoms with Gasteiger partial charge in [0.05, 0.1) is 23.6 Å². The zero-order valence-corrected chi connectivity index (χ0v) is 12.9. The summed E-state index contributed by atoms with van der Waals surface area (Å²) < 4.78 is 3.67. The van der Waals surface area contributed by atoms with Gasteiger partial charge in [-0.3, -0.25) is 9.36 Å². The Labute approximate surface area is 137 Å². The molecule has 1 amide bonds. The summed E-state index contributed by atoms with van der Waals surface area (Å²) in [6, 6.07) is 7.63. The van der Waals surface area contributed by atoms with Gasteiger partial charge in [0.2, 0.25) is 5.95 Å². The molecule has 118 valence electrons. The average Bonchev–Trinajstić information content (AvgIpc) is 3.21.